The lowest BCUT2D eigenvalue weighted by molar-refractivity contribution is -0.142. The summed E-state index contributed by atoms with van der Waals surface area (Å²) >= 11 is 0. The number of nitrogens with zero attached hydrogens (tertiary/aromatic N) is 2. The van der Waals surface area contributed by atoms with Crippen molar-refractivity contribution >= 4 is 11.8 Å². The minimum atomic E-state index is -0.399. The first kappa shape index (κ1) is 10.5. The van der Waals surface area contributed by atoms with E-state index in [1.54, 1.807) is 6.07 Å². The zero-order valence-corrected chi connectivity index (χ0v) is 8.12. The van der Waals surface area contributed by atoms with Gasteiger partial charge in [0, 0.05) is 13.1 Å². The van der Waals surface area contributed by atoms with Crippen molar-refractivity contribution in [2.45, 2.75) is 25.8 Å². The maximum atomic E-state index is 11.4. The highest BCUT2D eigenvalue weighted by Gasteiger charge is 2.30. The maximum Gasteiger partial charge on any atom is 0.242 e. The summed E-state index contributed by atoms with van der Waals surface area (Å²) in [7, 11) is 0. The van der Waals surface area contributed by atoms with Crippen LogP contribution < -0.4 is 5.32 Å². The number of hydrogen-bond acceptors (Lipinski definition) is 3. The summed E-state index contributed by atoms with van der Waals surface area (Å²) in [4.78, 5) is 24.3. The number of piperazine rings is 1. The van der Waals surface area contributed by atoms with Crippen LogP contribution in [0.15, 0.2) is 0 Å². The van der Waals surface area contributed by atoms with Crippen LogP contribution in [0.5, 0.6) is 0 Å². The summed E-state index contributed by atoms with van der Waals surface area (Å²) in [6.45, 7) is 2.83. The topological polar surface area (TPSA) is 73.2 Å². The average Bonchev–Trinajstić information content (AvgIpc) is 2.17. The molecule has 0 aromatic carbocycles. The molecule has 1 rings (SSSR count). The Hall–Kier alpha value is -1.57. The van der Waals surface area contributed by atoms with Crippen LogP contribution in [-0.2, 0) is 9.59 Å². The molecular weight excluding hydrogens is 182 g/mol. The van der Waals surface area contributed by atoms with Crippen molar-refractivity contribution in [3.05, 3.63) is 0 Å². The van der Waals surface area contributed by atoms with E-state index in [1.807, 2.05) is 6.92 Å². The molecule has 14 heavy (non-hydrogen) atoms. The maximum absolute atomic E-state index is 11.4. The molecule has 1 heterocycles. The van der Waals surface area contributed by atoms with Crippen molar-refractivity contribution in [2.24, 2.45) is 0 Å². The van der Waals surface area contributed by atoms with Crippen LogP contribution in [0.1, 0.15) is 19.8 Å². The van der Waals surface area contributed by atoms with Crippen LogP contribution in [0.3, 0.4) is 0 Å². The van der Waals surface area contributed by atoms with E-state index in [4.69, 9.17) is 5.26 Å². The zero-order valence-electron chi connectivity index (χ0n) is 8.12. The smallest absolute Gasteiger partial charge is 0.242 e. The zero-order chi connectivity index (χ0) is 10.6. The van der Waals surface area contributed by atoms with Gasteiger partial charge in [0.1, 0.15) is 12.5 Å². The first-order valence-corrected chi connectivity index (χ1v) is 4.64. The fourth-order valence-electron chi connectivity index (χ4n) is 1.59. The van der Waals surface area contributed by atoms with E-state index in [2.05, 4.69) is 5.32 Å². The predicted octanol–water partition coefficient (Wildman–Crippen LogP) is -0.363. The Morgan fingerprint density at radius 2 is 2.50 bits per heavy atom. The molecule has 5 heteroatoms. The minimum absolute atomic E-state index is 0.120. The van der Waals surface area contributed by atoms with E-state index in [1.165, 1.54) is 4.90 Å². The van der Waals surface area contributed by atoms with Crippen molar-refractivity contribution in [2.75, 3.05) is 13.1 Å². The van der Waals surface area contributed by atoms with Crippen LogP contribution in [0.2, 0.25) is 0 Å². The summed E-state index contributed by atoms with van der Waals surface area (Å²) < 4.78 is 0. The van der Waals surface area contributed by atoms with Crippen molar-refractivity contribution in [3.63, 3.8) is 0 Å². The van der Waals surface area contributed by atoms with E-state index >= 15 is 0 Å². The average molecular weight is 195 g/mol. The lowest BCUT2D eigenvalue weighted by atomic mass is 10.1. The van der Waals surface area contributed by atoms with E-state index in [9.17, 15) is 9.59 Å². The highest BCUT2D eigenvalue weighted by Crippen LogP contribution is 2.09. The molecule has 1 N–H and O–H groups in total. The molecule has 5 nitrogen and oxygen atoms in total. The largest absolute Gasteiger partial charge is 0.353 e. The molecule has 0 saturated carbocycles. The Kier molecular flexibility index (Phi) is 3.46. The van der Waals surface area contributed by atoms with Gasteiger partial charge in [-0.25, -0.2) is 0 Å². The molecule has 76 valence electrons. The third-order valence-corrected chi connectivity index (χ3v) is 2.27. The van der Waals surface area contributed by atoms with Gasteiger partial charge in [0.05, 0.1) is 6.07 Å². The molecule has 0 aliphatic carbocycles. The Morgan fingerprint density at radius 3 is 3.07 bits per heavy atom. The first-order valence-electron chi connectivity index (χ1n) is 4.64. The van der Waals surface area contributed by atoms with Gasteiger partial charge in [-0.1, -0.05) is 6.92 Å². The van der Waals surface area contributed by atoms with E-state index in [0.29, 0.717) is 19.5 Å². The van der Waals surface area contributed by atoms with Crippen LogP contribution in [0.25, 0.3) is 0 Å². The molecule has 2 amide bonds. The molecule has 0 radical (unpaired) electrons. The molecule has 1 unspecified atom stereocenters. The first-order chi connectivity index (χ1) is 6.70. The molecule has 1 aliphatic rings. The van der Waals surface area contributed by atoms with Gasteiger partial charge in [-0.2, -0.15) is 5.26 Å². The number of amides is 2. The van der Waals surface area contributed by atoms with Gasteiger partial charge in [0.25, 0.3) is 0 Å². The van der Waals surface area contributed by atoms with Crippen LogP contribution in [-0.4, -0.2) is 35.8 Å². The summed E-state index contributed by atoms with van der Waals surface area (Å²) in [5.41, 5.74) is 0. The highest BCUT2D eigenvalue weighted by atomic mass is 16.2. The van der Waals surface area contributed by atoms with Gasteiger partial charge in [0.2, 0.25) is 11.8 Å². The monoisotopic (exact) mass is 195 g/mol. The molecule has 1 aliphatic heterocycles. The number of nitrogens with one attached hydrogen (secondary N) is 1. The predicted molar refractivity (Wildman–Crippen MR) is 49.0 cm³/mol. The lowest BCUT2D eigenvalue weighted by Gasteiger charge is -2.33. The Morgan fingerprint density at radius 1 is 1.79 bits per heavy atom. The quantitative estimate of drug-likeness (QED) is 0.653. The summed E-state index contributed by atoms with van der Waals surface area (Å²) in [6.07, 6.45) is 0.437. The van der Waals surface area contributed by atoms with Crippen molar-refractivity contribution in [1.82, 2.24) is 10.2 Å². The summed E-state index contributed by atoms with van der Waals surface area (Å²) in [5, 5.41) is 11.1. The Bertz CT molecular complexity index is 282. The van der Waals surface area contributed by atoms with Crippen LogP contribution in [0.4, 0.5) is 0 Å². The van der Waals surface area contributed by atoms with Crippen LogP contribution in [0, 0.1) is 11.3 Å². The van der Waals surface area contributed by atoms with Gasteiger partial charge in [-0.15, -0.1) is 0 Å². The van der Waals surface area contributed by atoms with Gasteiger partial charge < -0.3 is 10.2 Å². The second-order valence-electron chi connectivity index (χ2n) is 3.14. The highest BCUT2D eigenvalue weighted by molar-refractivity contribution is 5.89. The molecule has 0 spiro atoms. The Balaban J connectivity index is 2.70. The minimum Gasteiger partial charge on any atom is -0.353 e. The van der Waals surface area contributed by atoms with Gasteiger partial charge in [-0.3, -0.25) is 9.59 Å². The fourth-order valence-corrected chi connectivity index (χ4v) is 1.59. The number of hydrogen-bond donors (Lipinski definition) is 1. The number of carbonyl (C=O) groups is 2. The third-order valence-electron chi connectivity index (χ3n) is 2.27. The van der Waals surface area contributed by atoms with E-state index in [-0.39, 0.29) is 18.2 Å². The van der Waals surface area contributed by atoms with Gasteiger partial charge in [0.15, 0.2) is 0 Å². The SMILES string of the molecule is CCC1C(=O)NCCN1C(=O)CC#N. The molecule has 1 atom stereocenters. The van der Waals surface area contributed by atoms with E-state index < -0.39 is 6.04 Å². The normalized spacial score (nSPS) is 21.3. The molecule has 1 fully saturated rings. The summed E-state index contributed by atoms with van der Waals surface area (Å²) in [6, 6.07) is 1.40. The third kappa shape index (κ3) is 2.02. The van der Waals surface area contributed by atoms with Crippen molar-refractivity contribution in [3.8, 4) is 6.07 Å². The standard InChI is InChI=1S/C9H13N3O2/c1-2-7-9(14)11-5-6-12(7)8(13)3-4-10/h7H,2-3,5-6H2,1H3,(H,11,14). The molecule has 1 saturated heterocycles. The van der Waals surface area contributed by atoms with Gasteiger partial charge in [-0.05, 0) is 6.42 Å². The number of nitriles is 1. The Labute approximate surface area is 82.7 Å². The fraction of sp³-hybridized carbons (Fsp3) is 0.667. The van der Waals surface area contributed by atoms with E-state index in [0.717, 1.165) is 0 Å². The second kappa shape index (κ2) is 4.61. The van der Waals surface area contributed by atoms with Crippen molar-refractivity contribution in [1.29, 1.82) is 5.26 Å². The number of rotatable bonds is 2. The van der Waals surface area contributed by atoms with Gasteiger partial charge >= 0.3 is 0 Å². The molecule has 0 aromatic rings. The second-order valence-corrected chi connectivity index (χ2v) is 3.14. The number of carbonyl (C=O) groups excluding carboxylic acids is 2. The molecular formula is C9H13N3O2. The summed E-state index contributed by atoms with van der Waals surface area (Å²) in [5.74, 6) is -0.376. The van der Waals surface area contributed by atoms with Crippen LogP contribution >= 0.6 is 0 Å². The molecule has 0 bridgehead atoms. The van der Waals surface area contributed by atoms with Crippen molar-refractivity contribution < 1.29 is 9.59 Å². The molecule has 0 aromatic heterocycles. The lowest BCUT2D eigenvalue weighted by Crippen LogP contribution is -2.56.